The molecule has 0 spiro atoms. The molecule has 90 valence electrons. The number of aromatic nitrogens is 2. The predicted octanol–water partition coefficient (Wildman–Crippen LogP) is 1.14. The Morgan fingerprint density at radius 3 is 2.53 bits per heavy atom. The van der Waals surface area contributed by atoms with Gasteiger partial charge in [0.15, 0.2) is 0 Å². The fourth-order valence-corrected chi connectivity index (χ4v) is 2.00. The maximum absolute atomic E-state index is 7.29. The number of hydrogen-bond donors (Lipinski definition) is 2. The Bertz CT molecular complexity index is 419. The van der Waals surface area contributed by atoms with Gasteiger partial charge in [-0.05, 0) is 31.6 Å². The molecule has 0 aliphatic heterocycles. The minimum atomic E-state index is -0.0239. The van der Waals surface area contributed by atoms with Gasteiger partial charge in [-0.1, -0.05) is 0 Å². The van der Waals surface area contributed by atoms with E-state index in [-0.39, 0.29) is 5.84 Å². The highest BCUT2D eigenvalue weighted by atomic mass is 15.2. The lowest BCUT2D eigenvalue weighted by Gasteiger charge is -2.23. The van der Waals surface area contributed by atoms with Gasteiger partial charge in [0, 0.05) is 12.6 Å². The van der Waals surface area contributed by atoms with Crippen molar-refractivity contribution in [3.8, 4) is 0 Å². The van der Waals surface area contributed by atoms with Crippen molar-refractivity contribution < 1.29 is 0 Å². The lowest BCUT2D eigenvalue weighted by Crippen LogP contribution is -2.29. The Balaban J connectivity index is 1.77. The molecule has 2 saturated carbocycles. The average molecular weight is 231 g/mol. The lowest BCUT2D eigenvalue weighted by molar-refractivity contribution is 0.707. The molecular weight excluding hydrogens is 214 g/mol. The van der Waals surface area contributed by atoms with Crippen molar-refractivity contribution in [3.63, 3.8) is 0 Å². The number of nitrogens with zero attached hydrogens (tertiary/aromatic N) is 3. The fraction of sp³-hybridized carbons (Fsp3) is 0.583. The maximum Gasteiger partial charge on any atom is 0.147 e. The largest absolute Gasteiger partial charge is 0.382 e. The van der Waals surface area contributed by atoms with Crippen LogP contribution in [0.5, 0.6) is 0 Å². The number of hydrogen-bond acceptors (Lipinski definition) is 4. The molecule has 0 aromatic carbocycles. The van der Waals surface area contributed by atoms with Crippen molar-refractivity contribution in [2.75, 3.05) is 11.4 Å². The van der Waals surface area contributed by atoms with Crippen LogP contribution in [0.4, 0.5) is 5.82 Å². The third-order valence-corrected chi connectivity index (χ3v) is 3.35. The molecule has 0 atom stereocenters. The molecule has 0 bridgehead atoms. The van der Waals surface area contributed by atoms with Crippen LogP contribution in [0, 0.1) is 11.3 Å². The third-order valence-electron chi connectivity index (χ3n) is 3.35. The van der Waals surface area contributed by atoms with E-state index in [0.29, 0.717) is 11.7 Å². The molecule has 2 aliphatic rings. The molecule has 3 N–H and O–H groups in total. The van der Waals surface area contributed by atoms with Gasteiger partial charge < -0.3 is 10.6 Å². The zero-order chi connectivity index (χ0) is 11.8. The Morgan fingerprint density at radius 2 is 2.06 bits per heavy atom. The third kappa shape index (κ3) is 2.38. The second-order valence-corrected chi connectivity index (χ2v) is 5.00. The summed E-state index contributed by atoms with van der Waals surface area (Å²) in [7, 11) is 0. The van der Waals surface area contributed by atoms with Crippen LogP contribution in [0.2, 0.25) is 0 Å². The van der Waals surface area contributed by atoms with Crippen LogP contribution in [0.25, 0.3) is 0 Å². The van der Waals surface area contributed by atoms with Crippen molar-refractivity contribution in [1.29, 1.82) is 5.41 Å². The number of rotatable bonds is 5. The quantitative estimate of drug-likeness (QED) is 0.588. The summed E-state index contributed by atoms with van der Waals surface area (Å²) in [4.78, 5) is 10.9. The number of anilines is 1. The van der Waals surface area contributed by atoms with Gasteiger partial charge in [-0.3, -0.25) is 5.41 Å². The highest BCUT2D eigenvalue weighted by Gasteiger charge is 2.34. The van der Waals surface area contributed by atoms with Crippen LogP contribution in [0.3, 0.4) is 0 Å². The first-order valence-corrected chi connectivity index (χ1v) is 6.17. The SMILES string of the molecule is N=C(N)c1cnc(N(CC2CC2)C2CC2)cn1. The molecule has 1 aromatic rings. The van der Waals surface area contributed by atoms with Crippen LogP contribution in [0.1, 0.15) is 31.4 Å². The second-order valence-electron chi connectivity index (χ2n) is 5.00. The second kappa shape index (κ2) is 3.98. The van der Waals surface area contributed by atoms with E-state index in [4.69, 9.17) is 11.1 Å². The Hall–Kier alpha value is -1.65. The minimum absolute atomic E-state index is 0.0239. The number of nitrogens with one attached hydrogen (secondary N) is 1. The molecular formula is C12H17N5. The van der Waals surface area contributed by atoms with Crippen LogP contribution in [0.15, 0.2) is 12.4 Å². The zero-order valence-electron chi connectivity index (χ0n) is 9.76. The normalized spacial score (nSPS) is 19.1. The molecule has 17 heavy (non-hydrogen) atoms. The van der Waals surface area contributed by atoms with Crippen molar-refractivity contribution in [2.45, 2.75) is 31.7 Å². The van der Waals surface area contributed by atoms with Gasteiger partial charge in [0.2, 0.25) is 0 Å². The predicted molar refractivity (Wildman–Crippen MR) is 66.1 cm³/mol. The van der Waals surface area contributed by atoms with Gasteiger partial charge in [-0.2, -0.15) is 0 Å². The molecule has 1 heterocycles. The van der Waals surface area contributed by atoms with Gasteiger partial charge in [0.25, 0.3) is 0 Å². The van der Waals surface area contributed by atoms with Gasteiger partial charge in [0.05, 0.1) is 12.4 Å². The average Bonchev–Trinajstić information content (AvgIpc) is 3.18. The Labute approximate surface area is 101 Å². The Morgan fingerprint density at radius 1 is 1.29 bits per heavy atom. The standard InChI is InChI=1S/C12H17N5/c13-12(14)10-5-16-11(6-15-10)17(9-3-4-9)7-8-1-2-8/h5-6,8-9H,1-4,7H2,(H3,13,14). The molecule has 3 rings (SSSR count). The van der Waals surface area contributed by atoms with Crippen LogP contribution >= 0.6 is 0 Å². The molecule has 1 aromatic heterocycles. The first kappa shape index (κ1) is 10.5. The van der Waals surface area contributed by atoms with E-state index in [0.717, 1.165) is 18.3 Å². The summed E-state index contributed by atoms with van der Waals surface area (Å²) in [6, 6.07) is 0.660. The Kier molecular flexibility index (Phi) is 2.46. The molecule has 0 saturated heterocycles. The summed E-state index contributed by atoms with van der Waals surface area (Å²) in [6.45, 7) is 1.11. The van der Waals surface area contributed by atoms with Crippen LogP contribution in [-0.4, -0.2) is 28.4 Å². The van der Waals surface area contributed by atoms with Crippen LogP contribution in [-0.2, 0) is 0 Å². The van der Waals surface area contributed by atoms with Crippen molar-refractivity contribution in [1.82, 2.24) is 9.97 Å². The van der Waals surface area contributed by atoms with Gasteiger partial charge in [0.1, 0.15) is 17.3 Å². The maximum atomic E-state index is 7.29. The first-order chi connectivity index (χ1) is 8.24. The highest BCUT2D eigenvalue weighted by Crippen LogP contribution is 2.36. The number of nitrogen functional groups attached to an aromatic ring is 1. The van der Waals surface area contributed by atoms with E-state index < -0.39 is 0 Å². The van der Waals surface area contributed by atoms with E-state index in [1.165, 1.54) is 25.7 Å². The molecule has 0 radical (unpaired) electrons. The first-order valence-electron chi connectivity index (χ1n) is 6.17. The smallest absolute Gasteiger partial charge is 0.147 e. The van der Waals surface area contributed by atoms with Crippen molar-refractivity contribution in [2.24, 2.45) is 11.7 Å². The van der Waals surface area contributed by atoms with E-state index in [1.54, 1.807) is 12.4 Å². The summed E-state index contributed by atoms with van der Waals surface area (Å²) in [5.41, 5.74) is 5.82. The summed E-state index contributed by atoms with van der Waals surface area (Å²) < 4.78 is 0. The van der Waals surface area contributed by atoms with E-state index in [9.17, 15) is 0 Å². The molecule has 2 fully saturated rings. The molecule has 0 amide bonds. The summed E-state index contributed by atoms with van der Waals surface area (Å²) >= 11 is 0. The zero-order valence-corrected chi connectivity index (χ0v) is 9.76. The summed E-state index contributed by atoms with van der Waals surface area (Å²) in [5, 5.41) is 7.29. The topological polar surface area (TPSA) is 78.9 Å². The summed E-state index contributed by atoms with van der Waals surface area (Å²) in [6.07, 6.45) is 8.58. The van der Waals surface area contributed by atoms with Crippen molar-refractivity contribution in [3.05, 3.63) is 18.1 Å². The summed E-state index contributed by atoms with van der Waals surface area (Å²) in [5.74, 6) is 1.76. The van der Waals surface area contributed by atoms with E-state index in [2.05, 4.69) is 14.9 Å². The molecule has 0 unspecified atom stereocenters. The minimum Gasteiger partial charge on any atom is -0.382 e. The van der Waals surface area contributed by atoms with Crippen molar-refractivity contribution >= 4 is 11.7 Å². The van der Waals surface area contributed by atoms with E-state index >= 15 is 0 Å². The van der Waals surface area contributed by atoms with Gasteiger partial charge in [-0.25, -0.2) is 9.97 Å². The number of nitrogens with two attached hydrogens (primary N) is 1. The molecule has 2 aliphatic carbocycles. The molecule has 5 heteroatoms. The van der Waals surface area contributed by atoms with Gasteiger partial charge in [-0.15, -0.1) is 0 Å². The van der Waals surface area contributed by atoms with Gasteiger partial charge >= 0.3 is 0 Å². The highest BCUT2D eigenvalue weighted by molar-refractivity contribution is 5.92. The van der Waals surface area contributed by atoms with E-state index in [1.807, 2.05) is 0 Å². The lowest BCUT2D eigenvalue weighted by atomic mass is 10.3. The fourth-order valence-electron chi connectivity index (χ4n) is 2.00. The molecule has 5 nitrogen and oxygen atoms in total. The number of amidine groups is 1. The van der Waals surface area contributed by atoms with Crippen LogP contribution < -0.4 is 10.6 Å². The monoisotopic (exact) mass is 231 g/mol.